The van der Waals surface area contributed by atoms with Gasteiger partial charge in [0.05, 0.1) is 30.9 Å². The fourth-order valence-electron chi connectivity index (χ4n) is 4.88. The second kappa shape index (κ2) is 14.5. The number of alkyl halides is 6. The number of rotatable bonds is 7. The zero-order chi connectivity index (χ0) is 38.0. The molecule has 0 aliphatic carbocycles. The van der Waals surface area contributed by atoms with Crippen LogP contribution in [0.25, 0.3) is 45.2 Å². The minimum absolute atomic E-state index is 0.00695. The van der Waals surface area contributed by atoms with Crippen molar-refractivity contribution < 1.29 is 61.8 Å². The smallest absolute Gasteiger partial charge is 0.468 e. The predicted molar refractivity (Wildman–Crippen MR) is 169 cm³/mol. The zero-order valence-corrected chi connectivity index (χ0v) is 27.3. The molecule has 6 aromatic rings. The van der Waals surface area contributed by atoms with Gasteiger partial charge >= 0.3 is 18.2 Å². The van der Waals surface area contributed by atoms with Crippen molar-refractivity contribution in [2.75, 3.05) is 14.2 Å². The highest BCUT2D eigenvalue weighted by Gasteiger charge is 2.40. The highest BCUT2D eigenvalue weighted by Crippen LogP contribution is 2.42. The Labute approximate surface area is 289 Å². The Hall–Kier alpha value is -5.75. The quantitative estimate of drug-likeness (QED) is 0.160. The van der Waals surface area contributed by atoms with Gasteiger partial charge in [0.25, 0.3) is 0 Å². The van der Waals surface area contributed by atoms with Gasteiger partial charge in [0.15, 0.2) is 28.9 Å². The third-order valence-electron chi connectivity index (χ3n) is 7.19. The summed E-state index contributed by atoms with van der Waals surface area (Å²) in [6, 6.07) is 16.9. The molecule has 2 heterocycles. The molecular weight excluding hydrogens is 730 g/mol. The van der Waals surface area contributed by atoms with E-state index in [-0.39, 0.29) is 51.1 Å². The number of hydrogen-bond acceptors (Lipinski definition) is 8. The fourth-order valence-corrected chi connectivity index (χ4v) is 5.64. The monoisotopic (exact) mass is 753 g/mol. The molecule has 9 nitrogen and oxygen atoms in total. The van der Waals surface area contributed by atoms with Crippen molar-refractivity contribution in [3.63, 3.8) is 0 Å². The van der Waals surface area contributed by atoms with Crippen LogP contribution in [0.15, 0.2) is 105 Å². The number of halogens is 8. The van der Waals surface area contributed by atoms with E-state index >= 15 is 0 Å². The van der Waals surface area contributed by atoms with Gasteiger partial charge in [-0.15, -0.1) is 0 Å². The Kier molecular flexibility index (Phi) is 10.4. The average molecular weight is 754 g/mol. The lowest BCUT2D eigenvalue weighted by Gasteiger charge is -2.16. The number of primary sulfonamides is 1. The SMILES string of the molecule is COc1ccc(-c2cc(S(N)(=O)=O)c(C(F)(F)F)cc2-c2ncco2)cc1F.COc1ccc(-c2oc(C(F)(F)F)nc2-c2ccccc2)cc1F. The first-order chi connectivity index (χ1) is 24.4. The van der Waals surface area contributed by atoms with Gasteiger partial charge in [-0.3, -0.25) is 0 Å². The number of methoxy groups -OCH3 is 2. The summed E-state index contributed by atoms with van der Waals surface area (Å²) in [5, 5.41) is 4.98. The van der Waals surface area contributed by atoms with Gasteiger partial charge in [-0.1, -0.05) is 36.4 Å². The number of aromatic nitrogens is 2. The standard InChI is InChI=1S/C17H12F4N2O4S.C17H11F4NO2/c1-26-14-3-2-9(6-13(14)18)10-8-15(28(22,24)25)12(17(19,20)21)7-11(10)16-23-4-5-27-16;1-23-13-8-7-11(9-12(13)18)15-14(10-5-3-2-4-6-10)22-16(24-15)17(19,20)21/h2-8H,1H3,(H2,22,24,25);2-9H,1H3. The molecule has 0 atom stereocenters. The largest absolute Gasteiger partial charge is 0.494 e. The van der Waals surface area contributed by atoms with Gasteiger partial charge in [0.2, 0.25) is 15.9 Å². The number of nitrogens with zero attached hydrogens (tertiary/aromatic N) is 2. The van der Waals surface area contributed by atoms with Crippen molar-refractivity contribution in [1.82, 2.24) is 9.97 Å². The van der Waals surface area contributed by atoms with Crippen LogP contribution in [-0.4, -0.2) is 32.6 Å². The average Bonchev–Trinajstić information content (AvgIpc) is 3.79. The van der Waals surface area contributed by atoms with Crippen LogP contribution in [0.4, 0.5) is 35.1 Å². The molecule has 0 saturated heterocycles. The summed E-state index contributed by atoms with van der Waals surface area (Å²) in [6.07, 6.45) is -7.43. The zero-order valence-electron chi connectivity index (χ0n) is 26.5. The second-order valence-corrected chi connectivity index (χ2v) is 12.1. The maximum atomic E-state index is 14.1. The topological polar surface area (TPSA) is 131 Å². The van der Waals surface area contributed by atoms with Gasteiger partial charge in [-0.2, -0.15) is 26.3 Å². The minimum atomic E-state index is -5.02. The van der Waals surface area contributed by atoms with E-state index in [0.717, 1.165) is 24.5 Å². The summed E-state index contributed by atoms with van der Waals surface area (Å²) in [5.41, 5.74) is -1.10. The van der Waals surface area contributed by atoms with Crippen molar-refractivity contribution in [3.05, 3.63) is 114 Å². The van der Waals surface area contributed by atoms with E-state index < -0.39 is 50.4 Å². The Balaban J connectivity index is 0.000000203. The van der Waals surface area contributed by atoms with E-state index in [2.05, 4.69) is 9.97 Å². The summed E-state index contributed by atoms with van der Waals surface area (Å²) in [7, 11) is -2.21. The van der Waals surface area contributed by atoms with E-state index in [0.29, 0.717) is 11.6 Å². The van der Waals surface area contributed by atoms with Gasteiger partial charge in [0, 0.05) is 16.7 Å². The molecule has 0 aliphatic rings. The molecule has 18 heteroatoms. The van der Waals surface area contributed by atoms with Gasteiger partial charge in [-0.05, 0) is 53.6 Å². The molecule has 4 aromatic carbocycles. The van der Waals surface area contributed by atoms with E-state index in [4.69, 9.17) is 23.4 Å². The van der Waals surface area contributed by atoms with Crippen LogP contribution in [0.3, 0.4) is 0 Å². The third-order valence-corrected chi connectivity index (χ3v) is 8.14. The molecule has 52 heavy (non-hydrogen) atoms. The van der Waals surface area contributed by atoms with E-state index in [1.807, 2.05) is 0 Å². The molecule has 0 saturated carbocycles. The normalized spacial score (nSPS) is 11.9. The number of sulfonamides is 1. The van der Waals surface area contributed by atoms with Crippen molar-refractivity contribution in [2.45, 2.75) is 17.2 Å². The third kappa shape index (κ3) is 8.07. The lowest BCUT2D eigenvalue weighted by Crippen LogP contribution is -2.19. The van der Waals surface area contributed by atoms with E-state index in [1.54, 1.807) is 30.3 Å². The van der Waals surface area contributed by atoms with Gasteiger partial charge in [-0.25, -0.2) is 32.3 Å². The van der Waals surface area contributed by atoms with Crippen LogP contribution in [0, 0.1) is 11.6 Å². The summed E-state index contributed by atoms with van der Waals surface area (Å²) in [6.45, 7) is 0. The highest BCUT2D eigenvalue weighted by atomic mass is 32.2. The van der Waals surface area contributed by atoms with Crippen LogP contribution in [0.5, 0.6) is 11.5 Å². The molecule has 0 aliphatic heterocycles. The number of benzene rings is 4. The Bertz CT molecular complexity index is 2310. The fraction of sp³-hybridized carbons (Fsp3) is 0.118. The first-order valence-electron chi connectivity index (χ1n) is 14.4. The van der Waals surface area contributed by atoms with Crippen molar-refractivity contribution in [3.8, 4) is 56.7 Å². The lowest BCUT2D eigenvalue weighted by atomic mass is 9.96. The molecule has 2 aromatic heterocycles. The summed E-state index contributed by atoms with van der Waals surface area (Å²) in [5.74, 6) is -3.37. The minimum Gasteiger partial charge on any atom is -0.494 e. The van der Waals surface area contributed by atoms with E-state index in [1.165, 1.54) is 44.7 Å². The van der Waals surface area contributed by atoms with Crippen molar-refractivity contribution >= 4 is 10.0 Å². The molecule has 0 fully saturated rings. The first-order valence-corrected chi connectivity index (χ1v) is 16.0. The van der Waals surface area contributed by atoms with Crippen LogP contribution in [0.2, 0.25) is 0 Å². The van der Waals surface area contributed by atoms with Gasteiger partial charge in [0.1, 0.15) is 12.0 Å². The molecule has 2 N–H and O–H groups in total. The lowest BCUT2D eigenvalue weighted by molar-refractivity contribution is -0.156. The summed E-state index contributed by atoms with van der Waals surface area (Å²) < 4.78 is 150. The molecule has 0 unspecified atom stereocenters. The van der Waals surface area contributed by atoms with Crippen LogP contribution < -0.4 is 14.6 Å². The number of nitrogens with two attached hydrogens (primary N) is 1. The Morgan fingerprint density at radius 2 is 1.33 bits per heavy atom. The van der Waals surface area contributed by atoms with Gasteiger partial charge < -0.3 is 18.3 Å². The maximum absolute atomic E-state index is 14.1. The molecule has 0 radical (unpaired) electrons. The molecule has 272 valence electrons. The van der Waals surface area contributed by atoms with Crippen LogP contribution in [0.1, 0.15) is 11.5 Å². The second-order valence-electron chi connectivity index (χ2n) is 10.5. The first kappa shape index (κ1) is 37.5. The van der Waals surface area contributed by atoms with Crippen LogP contribution >= 0.6 is 0 Å². The highest BCUT2D eigenvalue weighted by molar-refractivity contribution is 7.89. The molecule has 6 rings (SSSR count). The van der Waals surface area contributed by atoms with E-state index in [9.17, 15) is 43.5 Å². The molecular formula is C34H23F8N3O6S. The summed E-state index contributed by atoms with van der Waals surface area (Å²) >= 11 is 0. The number of ether oxygens (including phenoxy) is 2. The summed E-state index contributed by atoms with van der Waals surface area (Å²) in [4.78, 5) is 6.21. The predicted octanol–water partition coefficient (Wildman–Crippen LogP) is 9.00. The maximum Gasteiger partial charge on any atom is 0.468 e. The van der Waals surface area contributed by atoms with Crippen molar-refractivity contribution in [1.29, 1.82) is 0 Å². The Morgan fingerprint density at radius 3 is 1.83 bits per heavy atom. The number of oxazole rings is 2. The van der Waals surface area contributed by atoms with Crippen molar-refractivity contribution in [2.24, 2.45) is 5.14 Å². The molecule has 0 amide bonds. The molecule has 0 bridgehead atoms. The number of hydrogen-bond donors (Lipinski definition) is 1. The van der Waals surface area contributed by atoms with Crippen LogP contribution in [-0.2, 0) is 22.4 Å². The molecule has 0 spiro atoms. The Morgan fingerprint density at radius 1 is 0.731 bits per heavy atom.